The van der Waals surface area contributed by atoms with Gasteiger partial charge >= 0.3 is 5.97 Å². The number of aryl methyl sites for hydroxylation is 1. The van der Waals surface area contributed by atoms with Crippen LogP contribution in [0.2, 0.25) is 0 Å². The number of hydrogen-bond acceptors (Lipinski definition) is 5. The van der Waals surface area contributed by atoms with Crippen LogP contribution in [0.25, 0.3) is 21.3 Å². The summed E-state index contributed by atoms with van der Waals surface area (Å²) in [5.74, 6) is 0.0368. The first kappa shape index (κ1) is 18.1. The molecule has 0 saturated heterocycles. The highest BCUT2D eigenvalue weighted by molar-refractivity contribution is 7.17. The molecule has 1 N–H and O–H groups in total. The van der Waals surface area contributed by atoms with E-state index in [4.69, 9.17) is 4.74 Å². The Morgan fingerprint density at radius 1 is 1.04 bits per heavy atom. The SMILES string of the molecule is O=C(CCc1ccccc1)OCc1nc2scc(-c3ccccc3)c2c(=O)[nH]1. The Bertz CT molecular complexity index is 1150. The van der Waals surface area contributed by atoms with Crippen LogP contribution in [0.1, 0.15) is 17.8 Å². The quantitative estimate of drug-likeness (QED) is 0.498. The number of nitrogens with one attached hydrogen (secondary N) is 1. The van der Waals surface area contributed by atoms with Gasteiger partial charge in [-0.3, -0.25) is 9.59 Å². The van der Waals surface area contributed by atoms with E-state index >= 15 is 0 Å². The fraction of sp³-hybridized carbons (Fsp3) is 0.136. The first-order chi connectivity index (χ1) is 13.7. The number of thiophene rings is 1. The summed E-state index contributed by atoms with van der Waals surface area (Å²) < 4.78 is 5.28. The van der Waals surface area contributed by atoms with Crippen molar-refractivity contribution in [2.24, 2.45) is 0 Å². The summed E-state index contributed by atoms with van der Waals surface area (Å²) >= 11 is 1.41. The van der Waals surface area contributed by atoms with Crippen LogP contribution in [0.4, 0.5) is 0 Å². The fourth-order valence-electron chi connectivity index (χ4n) is 3.00. The molecule has 28 heavy (non-hydrogen) atoms. The van der Waals surface area contributed by atoms with Crippen molar-refractivity contribution < 1.29 is 9.53 Å². The topological polar surface area (TPSA) is 72.0 Å². The first-order valence-corrected chi connectivity index (χ1v) is 9.84. The van der Waals surface area contributed by atoms with Crippen LogP contribution in [0.5, 0.6) is 0 Å². The first-order valence-electron chi connectivity index (χ1n) is 8.96. The van der Waals surface area contributed by atoms with Crippen molar-refractivity contribution in [2.75, 3.05) is 0 Å². The molecule has 2 heterocycles. The van der Waals surface area contributed by atoms with E-state index < -0.39 is 0 Å². The molecule has 0 aliphatic carbocycles. The molecule has 0 atom stereocenters. The Balaban J connectivity index is 1.45. The molecule has 0 fully saturated rings. The van der Waals surface area contributed by atoms with Crippen LogP contribution >= 0.6 is 11.3 Å². The third-order valence-corrected chi connectivity index (χ3v) is 5.28. The summed E-state index contributed by atoms with van der Waals surface area (Å²) in [6.07, 6.45) is 0.904. The average Bonchev–Trinajstić information content (AvgIpc) is 3.17. The molecule has 5 nitrogen and oxygen atoms in total. The predicted octanol–water partition coefficient (Wildman–Crippen LogP) is 4.33. The summed E-state index contributed by atoms with van der Waals surface area (Å²) in [7, 11) is 0. The normalized spacial score (nSPS) is 10.9. The molecule has 0 aliphatic heterocycles. The van der Waals surface area contributed by atoms with Gasteiger partial charge in [-0.2, -0.15) is 0 Å². The molecule has 2 aromatic carbocycles. The summed E-state index contributed by atoms with van der Waals surface area (Å²) in [5.41, 5.74) is 2.70. The van der Waals surface area contributed by atoms with Crippen molar-refractivity contribution >= 4 is 27.5 Å². The number of H-pyrrole nitrogens is 1. The van der Waals surface area contributed by atoms with Crippen LogP contribution in [-0.4, -0.2) is 15.9 Å². The molecule has 0 bridgehead atoms. The molecule has 0 radical (unpaired) electrons. The maximum atomic E-state index is 12.6. The number of carbonyl (C=O) groups excluding carboxylic acids is 1. The lowest BCUT2D eigenvalue weighted by molar-refractivity contribution is -0.145. The summed E-state index contributed by atoms with van der Waals surface area (Å²) in [5, 5.41) is 2.49. The number of hydrogen-bond donors (Lipinski definition) is 1. The number of nitrogens with zero attached hydrogens (tertiary/aromatic N) is 1. The highest BCUT2D eigenvalue weighted by atomic mass is 32.1. The lowest BCUT2D eigenvalue weighted by Crippen LogP contribution is -2.14. The number of benzene rings is 2. The third-order valence-electron chi connectivity index (χ3n) is 4.41. The number of aromatic nitrogens is 2. The standard InChI is InChI=1S/C22H18N2O3S/c25-19(12-11-15-7-3-1-4-8-15)27-13-18-23-21(26)20-17(14-28-22(20)24-18)16-9-5-2-6-10-16/h1-10,14H,11-13H2,(H,23,24,26). The van der Waals surface area contributed by atoms with E-state index in [1.54, 1.807) is 0 Å². The maximum absolute atomic E-state index is 12.6. The second-order valence-electron chi connectivity index (χ2n) is 6.35. The molecule has 140 valence electrons. The van der Waals surface area contributed by atoms with Gasteiger partial charge in [-0.05, 0) is 17.5 Å². The minimum Gasteiger partial charge on any atom is -0.458 e. The van der Waals surface area contributed by atoms with Crippen molar-refractivity contribution in [3.8, 4) is 11.1 Å². The van der Waals surface area contributed by atoms with E-state index in [-0.39, 0.29) is 24.6 Å². The zero-order valence-electron chi connectivity index (χ0n) is 15.1. The molecule has 0 amide bonds. The Labute approximate surface area is 165 Å². The molecule has 4 aromatic rings. The van der Waals surface area contributed by atoms with Crippen molar-refractivity contribution in [3.05, 3.63) is 87.8 Å². The van der Waals surface area contributed by atoms with Gasteiger partial charge in [0.15, 0.2) is 0 Å². The van der Waals surface area contributed by atoms with Gasteiger partial charge in [0.25, 0.3) is 5.56 Å². The van der Waals surface area contributed by atoms with Crippen molar-refractivity contribution in [1.82, 2.24) is 9.97 Å². The smallest absolute Gasteiger partial charge is 0.306 e. The second kappa shape index (κ2) is 8.19. The minimum absolute atomic E-state index is 0.0443. The maximum Gasteiger partial charge on any atom is 0.306 e. The van der Waals surface area contributed by atoms with Crippen molar-refractivity contribution in [1.29, 1.82) is 0 Å². The molecule has 2 aromatic heterocycles. The Hall–Kier alpha value is -3.25. The van der Waals surface area contributed by atoms with Crippen LogP contribution in [0.3, 0.4) is 0 Å². The highest BCUT2D eigenvalue weighted by Crippen LogP contribution is 2.30. The number of ether oxygens (including phenoxy) is 1. The number of fused-ring (bicyclic) bond motifs is 1. The second-order valence-corrected chi connectivity index (χ2v) is 7.21. The third kappa shape index (κ3) is 4.02. The monoisotopic (exact) mass is 390 g/mol. The number of carbonyl (C=O) groups is 1. The molecular formula is C22H18N2O3S. The van der Waals surface area contributed by atoms with Gasteiger partial charge in [0, 0.05) is 17.4 Å². The van der Waals surface area contributed by atoms with Gasteiger partial charge in [0.05, 0.1) is 5.39 Å². The van der Waals surface area contributed by atoms with Crippen LogP contribution < -0.4 is 5.56 Å². The molecule has 6 heteroatoms. The van der Waals surface area contributed by atoms with Gasteiger partial charge in [-0.15, -0.1) is 11.3 Å². The lowest BCUT2D eigenvalue weighted by atomic mass is 10.1. The van der Waals surface area contributed by atoms with Crippen LogP contribution in [0.15, 0.2) is 70.8 Å². The van der Waals surface area contributed by atoms with E-state index in [1.807, 2.05) is 66.0 Å². The average molecular weight is 390 g/mol. The van der Waals surface area contributed by atoms with E-state index in [0.29, 0.717) is 22.5 Å². The molecule has 0 spiro atoms. The van der Waals surface area contributed by atoms with Crippen LogP contribution in [0, 0.1) is 0 Å². The lowest BCUT2D eigenvalue weighted by Gasteiger charge is -2.05. The summed E-state index contributed by atoms with van der Waals surface area (Å²) in [6, 6.07) is 19.5. The Morgan fingerprint density at radius 3 is 2.50 bits per heavy atom. The largest absolute Gasteiger partial charge is 0.458 e. The number of aromatic amines is 1. The van der Waals surface area contributed by atoms with E-state index in [0.717, 1.165) is 16.7 Å². The predicted molar refractivity (Wildman–Crippen MR) is 110 cm³/mol. The summed E-state index contributed by atoms with van der Waals surface area (Å²) in [6.45, 7) is -0.0443. The molecule has 4 rings (SSSR count). The van der Waals surface area contributed by atoms with Gasteiger partial charge in [0.1, 0.15) is 17.3 Å². The molecular weight excluding hydrogens is 372 g/mol. The van der Waals surface area contributed by atoms with Crippen molar-refractivity contribution in [3.63, 3.8) is 0 Å². The minimum atomic E-state index is -0.317. The molecule has 0 aliphatic rings. The van der Waals surface area contributed by atoms with E-state index in [2.05, 4.69) is 9.97 Å². The van der Waals surface area contributed by atoms with Gasteiger partial charge in [-0.1, -0.05) is 60.7 Å². The fourth-order valence-corrected chi connectivity index (χ4v) is 3.97. The number of rotatable bonds is 6. The van der Waals surface area contributed by atoms with Gasteiger partial charge < -0.3 is 9.72 Å². The van der Waals surface area contributed by atoms with Gasteiger partial charge in [-0.25, -0.2) is 4.98 Å². The van der Waals surface area contributed by atoms with Crippen molar-refractivity contribution in [2.45, 2.75) is 19.4 Å². The van der Waals surface area contributed by atoms with Gasteiger partial charge in [0.2, 0.25) is 0 Å². The number of esters is 1. The molecule has 0 unspecified atom stereocenters. The zero-order valence-corrected chi connectivity index (χ0v) is 15.9. The zero-order chi connectivity index (χ0) is 19.3. The Kier molecular flexibility index (Phi) is 5.30. The van der Waals surface area contributed by atoms with E-state index in [1.165, 1.54) is 11.3 Å². The Morgan fingerprint density at radius 2 is 1.75 bits per heavy atom. The van der Waals surface area contributed by atoms with Crippen LogP contribution in [-0.2, 0) is 22.6 Å². The summed E-state index contributed by atoms with van der Waals surface area (Å²) in [4.78, 5) is 32.4. The highest BCUT2D eigenvalue weighted by Gasteiger charge is 2.13. The van der Waals surface area contributed by atoms with E-state index in [9.17, 15) is 9.59 Å². The molecule has 0 saturated carbocycles.